The van der Waals surface area contributed by atoms with E-state index < -0.39 is 10.0 Å². The van der Waals surface area contributed by atoms with E-state index in [0.29, 0.717) is 32.7 Å². The molecule has 0 bridgehead atoms. The number of sulfonamides is 1. The molecule has 0 aromatic rings. The smallest absolute Gasteiger partial charge is 0.249 e. The fraction of sp³-hybridized carbons (Fsp3) is 0.800. The number of nitrogens with one attached hydrogen (secondary N) is 1. The zero-order valence-corrected chi connectivity index (χ0v) is 14.2. The molecule has 1 aliphatic heterocycles. The Balaban J connectivity index is 1.97. The highest BCUT2D eigenvalue weighted by Crippen LogP contribution is 2.25. The maximum absolute atomic E-state index is 12.6. The number of carbonyl (C=O) groups is 1. The van der Waals surface area contributed by atoms with Crippen molar-refractivity contribution in [3.63, 3.8) is 0 Å². The maximum Gasteiger partial charge on any atom is 0.249 e. The van der Waals surface area contributed by atoms with E-state index >= 15 is 0 Å². The monoisotopic (exact) mass is 330 g/mol. The zero-order valence-electron chi connectivity index (χ0n) is 13.4. The van der Waals surface area contributed by atoms with Crippen molar-refractivity contribution in [2.24, 2.45) is 5.92 Å². The number of allylic oxidation sites excluding steroid dienone is 1. The topological polar surface area (TPSA) is 75.7 Å². The van der Waals surface area contributed by atoms with Gasteiger partial charge in [0.05, 0.1) is 19.5 Å². The Morgan fingerprint density at radius 3 is 2.91 bits per heavy atom. The van der Waals surface area contributed by atoms with E-state index in [0.717, 1.165) is 31.1 Å². The molecule has 0 spiro atoms. The second kappa shape index (κ2) is 7.57. The molecule has 22 heavy (non-hydrogen) atoms. The van der Waals surface area contributed by atoms with Gasteiger partial charge in [-0.3, -0.25) is 4.79 Å². The number of ether oxygens (including phenoxy) is 1. The van der Waals surface area contributed by atoms with Gasteiger partial charge in [0.1, 0.15) is 0 Å². The largest absolute Gasteiger partial charge is 0.379 e. The molecule has 0 unspecified atom stereocenters. The summed E-state index contributed by atoms with van der Waals surface area (Å²) in [6.07, 6.45) is 6.77. The van der Waals surface area contributed by atoms with Crippen LogP contribution in [0.2, 0.25) is 0 Å². The third kappa shape index (κ3) is 4.79. The molecule has 0 aromatic carbocycles. The van der Waals surface area contributed by atoms with Crippen LogP contribution in [0, 0.1) is 5.92 Å². The molecule has 2 rings (SSSR count). The molecule has 7 heteroatoms. The number of hydrogen-bond donors (Lipinski definition) is 1. The van der Waals surface area contributed by atoms with Gasteiger partial charge >= 0.3 is 0 Å². The summed E-state index contributed by atoms with van der Waals surface area (Å²) in [7, 11) is -3.17. The summed E-state index contributed by atoms with van der Waals surface area (Å²) in [6, 6.07) is 0.0536. The summed E-state index contributed by atoms with van der Waals surface area (Å²) in [5, 5.41) is 0. The third-order valence-electron chi connectivity index (χ3n) is 4.44. The minimum absolute atomic E-state index is 0.0536. The lowest BCUT2D eigenvalue weighted by Crippen LogP contribution is -2.44. The molecule has 0 radical (unpaired) electrons. The lowest BCUT2D eigenvalue weighted by molar-refractivity contribution is -0.129. The highest BCUT2D eigenvalue weighted by molar-refractivity contribution is 7.88. The first-order valence-electron chi connectivity index (χ1n) is 7.91. The molecule has 1 saturated heterocycles. The summed E-state index contributed by atoms with van der Waals surface area (Å²) in [4.78, 5) is 14.5. The van der Waals surface area contributed by atoms with Crippen molar-refractivity contribution in [2.45, 2.75) is 38.6 Å². The van der Waals surface area contributed by atoms with Crippen molar-refractivity contribution in [1.29, 1.82) is 0 Å². The van der Waals surface area contributed by atoms with Crippen LogP contribution in [0.25, 0.3) is 0 Å². The summed E-state index contributed by atoms with van der Waals surface area (Å²) in [5.74, 6) is 0.263. The Morgan fingerprint density at radius 1 is 1.50 bits per heavy atom. The van der Waals surface area contributed by atoms with Crippen LogP contribution < -0.4 is 4.72 Å². The van der Waals surface area contributed by atoms with Gasteiger partial charge in [-0.25, -0.2) is 13.1 Å². The van der Waals surface area contributed by atoms with Crippen LogP contribution >= 0.6 is 0 Å². The van der Waals surface area contributed by atoms with E-state index in [2.05, 4.69) is 4.72 Å². The van der Waals surface area contributed by atoms with Gasteiger partial charge in [-0.05, 0) is 32.6 Å². The highest BCUT2D eigenvalue weighted by atomic mass is 32.2. The normalized spacial score (nSPS) is 26.6. The van der Waals surface area contributed by atoms with E-state index in [1.54, 1.807) is 0 Å². The minimum Gasteiger partial charge on any atom is -0.379 e. The Bertz CT molecular complexity index is 530. The average molecular weight is 330 g/mol. The van der Waals surface area contributed by atoms with Crippen LogP contribution in [-0.2, 0) is 19.6 Å². The second-order valence-electron chi connectivity index (χ2n) is 6.15. The molecule has 1 N–H and O–H groups in total. The van der Waals surface area contributed by atoms with Gasteiger partial charge in [0.2, 0.25) is 15.9 Å². The average Bonchev–Trinajstić information content (AvgIpc) is 2.91. The Labute approximate surface area is 132 Å². The SMILES string of the molecule is C[C@@H]1[C@@H](CCNS(C)(=O)=O)COCCN1C(=O)C1=CCCC1. The zero-order chi connectivity index (χ0) is 16.2. The van der Waals surface area contributed by atoms with Gasteiger partial charge in [-0.1, -0.05) is 6.08 Å². The van der Waals surface area contributed by atoms with Crippen molar-refractivity contribution in [3.8, 4) is 0 Å². The van der Waals surface area contributed by atoms with E-state index in [9.17, 15) is 13.2 Å². The van der Waals surface area contributed by atoms with Gasteiger partial charge in [-0.15, -0.1) is 0 Å². The standard InChI is InChI=1S/C15H26N2O4S/c1-12-14(7-8-16-22(2,19)20)11-21-10-9-17(12)15(18)13-5-3-4-6-13/h5,12,14,16H,3-4,6-11H2,1-2H3/t12-,14+/m1/s1. The molecule has 126 valence electrons. The highest BCUT2D eigenvalue weighted by Gasteiger charge is 2.31. The summed E-state index contributed by atoms with van der Waals surface area (Å²) < 4.78 is 30.4. The molecule has 2 atom stereocenters. The minimum atomic E-state index is -3.17. The fourth-order valence-corrected chi connectivity index (χ4v) is 3.57. The van der Waals surface area contributed by atoms with Gasteiger partial charge in [-0.2, -0.15) is 0 Å². The quantitative estimate of drug-likeness (QED) is 0.813. The van der Waals surface area contributed by atoms with Crippen LogP contribution in [0.3, 0.4) is 0 Å². The molecule has 1 heterocycles. The van der Waals surface area contributed by atoms with Crippen LogP contribution in [0.15, 0.2) is 11.6 Å². The van der Waals surface area contributed by atoms with Crippen molar-refractivity contribution >= 4 is 15.9 Å². The predicted octanol–water partition coefficient (Wildman–Crippen LogP) is 0.900. The predicted molar refractivity (Wildman–Crippen MR) is 84.9 cm³/mol. The number of nitrogens with zero attached hydrogens (tertiary/aromatic N) is 1. The molecule has 2 aliphatic rings. The fourth-order valence-electron chi connectivity index (χ4n) is 3.09. The lowest BCUT2D eigenvalue weighted by Gasteiger charge is -2.32. The van der Waals surface area contributed by atoms with Crippen LogP contribution in [-0.4, -0.2) is 57.8 Å². The van der Waals surface area contributed by atoms with Gasteiger partial charge in [0.25, 0.3) is 0 Å². The van der Waals surface area contributed by atoms with Gasteiger partial charge < -0.3 is 9.64 Å². The summed E-state index contributed by atoms with van der Waals surface area (Å²) >= 11 is 0. The molecule has 6 nitrogen and oxygen atoms in total. The number of amides is 1. The van der Waals surface area contributed by atoms with E-state index in [1.165, 1.54) is 0 Å². The number of rotatable bonds is 5. The molecule has 0 aromatic heterocycles. The molecule has 1 amide bonds. The first kappa shape index (κ1) is 17.4. The number of hydrogen-bond acceptors (Lipinski definition) is 4. The Morgan fingerprint density at radius 2 is 2.27 bits per heavy atom. The van der Waals surface area contributed by atoms with Crippen molar-refractivity contribution in [2.75, 3.05) is 32.6 Å². The van der Waals surface area contributed by atoms with E-state index in [1.807, 2.05) is 17.9 Å². The molecule has 1 fully saturated rings. The van der Waals surface area contributed by atoms with E-state index in [4.69, 9.17) is 4.74 Å². The maximum atomic E-state index is 12.6. The first-order valence-corrected chi connectivity index (χ1v) is 9.80. The van der Waals surface area contributed by atoms with Crippen molar-refractivity contribution < 1.29 is 17.9 Å². The Kier molecular flexibility index (Phi) is 6.00. The molecule has 1 aliphatic carbocycles. The Hall–Kier alpha value is -0.920. The molecular weight excluding hydrogens is 304 g/mol. The van der Waals surface area contributed by atoms with E-state index in [-0.39, 0.29) is 17.9 Å². The third-order valence-corrected chi connectivity index (χ3v) is 5.17. The van der Waals surface area contributed by atoms with Crippen LogP contribution in [0.1, 0.15) is 32.6 Å². The van der Waals surface area contributed by atoms with Crippen molar-refractivity contribution in [3.05, 3.63) is 11.6 Å². The second-order valence-corrected chi connectivity index (χ2v) is 7.98. The molecular formula is C15H26N2O4S. The van der Waals surface area contributed by atoms with Crippen molar-refractivity contribution in [1.82, 2.24) is 9.62 Å². The summed E-state index contributed by atoms with van der Waals surface area (Å²) in [6.45, 7) is 4.12. The van der Waals surface area contributed by atoms with Crippen LogP contribution in [0.5, 0.6) is 0 Å². The number of carbonyl (C=O) groups excluding carboxylic acids is 1. The van der Waals surface area contributed by atoms with Crippen LogP contribution in [0.4, 0.5) is 0 Å². The first-order chi connectivity index (χ1) is 10.4. The van der Waals surface area contributed by atoms with Gasteiger partial charge in [0.15, 0.2) is 0 Å². The summed E-state index contributed by atoms with van der Waals surface area (Å²) in [5.41, 5.74) is 0.918. The lowest BCUT2D eigenvalue weighted by atomic mass is 9.96. The van der Waals surface area contributed by atoms with Gasteiger partial charge in [0, 0.05) is 30.6 Å². The molecule has 0 saturated carbocycles.